The van der Waals surface area contributed by atoms with E-state index in [1.165, 1.54) is 12.3 Å². The molecule has 0 bridgehead atoms. The summed E-state index contributed by atoms with van der Waals surface area (Å²) in [7, 11) is 0. The zero-order valence-corrected chi connectivity index (χ0v) is 15.6. The predicted octanol–water partition coefficient (Wildman–Crippen LogP) is 3.99. The summed E-state index contributed by atoms with van der Waals surface area (Å²) in [6.07, 6.45) is -1.08. The minimum absolute atomic E-state index is 0. The van der Waals surface area contributed by atoms with Crippen LogP contribution in [0.1, 0.15) is 24.0 Å². The first-order chi connectivity index (χ1) is 13.3. The number of benzene rings is 1. The Labute approximate surface area is 167 Å². The Morgan fingerprint density at radius 1 is 1.07 bits per heavy atom. The fraction of sp³-hybridized carbons (Fsp3) is 0.278. The molecule has 11 heteroatoms. The second-order valence-corrected chi connectivity index (χ2v) is 6.12. The first-order valence-electron chi connectivity index (χ1n) is 8.36. The molecule has 0 saturated heterocycles. The number of hydrogen-bond donors (Lipinski definition) is 2. The highest BCUT2D eigenvalue weighted by Crippen LogP contribution is 2.35. The van der Waals surface area contributed by atoms with Gasteiger partial charge in [-0.3, -0.25) is 4.79 Å². The van der Waals surface area contributed by atoms with Gasteiger partial charge in [-0.05, 0) is 42.8 Å². The lowest BCUT2D eigenvalue weighted by Crippen LogP contribution is -2.13. The number of hydrogen-bond acceptors (Lipinski definition) is 4. The highest BCUT2D eigenvalue weighted by Gasteiger charge is 2.32. The molecule has 0 saturated carbocycles. The maximum Gasteiger partial charge on any atom is 0.419 e. The Hall–Kier alpha value is -2.59. The summed E-state index contributed by atoms with van der Waals surface area (Å²) in [5.41, 5.74) is 3.43. The molecule has 0 amide bonds. The quantitative estimate of drug-likeness (QED) is 0.470. The maximum atomic E-state index is 14.8. The Balaban J connectivity index is 0.00000300. The SMILES string of the molecule is Cl.NCCCCc1c(-c2ncc(C(F)(F)F)cn2)c(F)c(F)c2c(=O)[nH]ccc12. The molecule has 3 aromatic rings. The number of unbranched alkanes of at least 4 members (excludes halogenated alkanes) is 1. The van der Waals surface area contributed by atoms with Crippen LogP contribution in [0.3, 0.4) is 0 Å². The van der Waals surface area contributed by atoms with E-state index in [9.17, 15) is 26.7 Å². The van der Waals surface area contributed by atoms with Crippen LogP contribution >= 0.6 is 12.4 Å². The van der Waals surface area contributed by atoms with E-state index in [0.29, 0.717) is 31.8 Å². The van der Waals surface area contributed by atoms with Gasteiger partial charge in [-0.25, -0.2) is 18.7 Å². The van der Waals surface area contributed by atoms with Gasteiger partial charge in [-0.2, -0.15) is 13.2 Å². The van der Waals surface area contributed by atoms with Crippen LogP contribution in [0.2, 0.25) is 0 Å². The van der Waals surface area contributed by atoms with Gasteiger partial charge in [0.05, 0.1) is 16.5 Å². The van der Waals surface area contributed by atoms with Gasteiger partial charge in [0.15, 0.2) is 17.5 Å². The van der Waals surface area contributed by atoms with Crippen molar-refractivity contribution in [3.05, 3.63) is 57.8 Å². The zero-order valence-electron chi connectivity index (χ0n) is 14.8. The molecule has 0 atom stereocenters. The number of rotatable bonds is 5. The van der Waals surface area contributed by atoms with Crippen molar-refractivity contribution in [2.45, 2.75) is 25.4 Å². The number of aromatic nitrogens is 3. The second-order valence-electron chi connectivity index (χ2n) is 6.12. The van der Waals surface area contributed by atoms with E-state index in [0.717, 1.165) is 0 Å². The summed E-state index contributed by atoms with van der Waals surface area (Å²) in [6.45, 7) is 0.369. The molecular weight excluding hydrogens is 419 g/mol. The van der Waals surface area contributed by atoms with E-state index in [-0.39, 0.29) is 35.3 Å². The Bertz CT molecular complexity index is 1070. The van der Waals surface area contributed by atoms with Gasteiger partial charge in [0.25, 0.3) is 5.56 Å². The Kier molecular flexibility index (Phi) is 6.91. The van der Waals surface area contributed by atoms with E-state index in [1.807, 2.05) is 0 Å². The molecule has 0 spiro atoms. The van der Waals surface area contributed by atoms with Crippen molar-refractivity contribution in [2.24, 2.45) is 5.73 Å². The summed E-state index contributed by atoms with van der Waals surface area (Å²) in [5.74, 6) is -3.18. The van der Waals surface area contributed by atoms with E-state index in [1.54, 1.807) is 0 Å². The van der Waals surface area contributed by atoms with Crippen molar-refractivity contribution in [3.8, 4) is 11.4 Å². The van der Waals surface area contributed by atoms with Crippen LogP contribution in [0, 0.1) is 11.6 Å². The number of H-pyrrole nitrogens is 1. The summed E-state index contributed by atoms with van der Waals surface area (Å²) in [6, 6.07) is 1.41. The number of alkyl halides is 3. The maximum absolute atomic E-state index is 14.8. The number of nitrogens with zero attached hydrogens (tertiary/aromatic N) is 2. The Morgan fingerprint density at radius 3 is 2.31 bits per heavy atom. The second kappa shape index (κ2) is 8.83. The van der Waals surface area contributed by atoms with Crippen LogP contribution in [0.5, 0.6) is 0 Å². The molecular formula is C18H16ClF5N4O. The van der Waals surface area contributed by atoms with E-state index in [2.05, 4.69) is 15.0 Å². The molecule has 29 heavy (non-hydrogen) atoms. The molecule has 0 aliphatic carbocycles. The van der Waals surface area contributed by atoms with Gasteiger partial charge in [0, 0.05) is 18.6 Å². The van der Waals surface area contributed by atoms with Crippen molar-refractivity contribution in [3.63, 3.8) is 0 Å². The van der Waals surface area contributed by atoms with Crippen molar-refractivity contribution < 1.29 is 22.0 Å². The van der Waals surface area contributed by atoms with Crippen molar-refractivity contribution in [1.82, 2.24) is 15.0 Å². The van der Waals surface area contributed by atoms with Crippen LogP contribution in [0.4, 0.5) is 22.0 Å². The van der Waals surface area contributed by atoms with Crippen LogP contribution in [0.25, 0.3) is 22.2 Å². The minimum atomic E-state index is -4.66. The summed E-state index contributed by atoms with van der Waals surface area (Å²) in [5, 5.41) is -0.309. The standard InChI is InChI=1S/C18H15F5N4O.ClH/c19-14-12(16-26-7-9(8-27-16)18(21,22)23)10(3-1-2-5-24)11-4-6-25-17(28)13(11)15(14)20;/h4,6-8H,1-3,5,24H2,(H,25,28);1H. The van der Waals surface area contributed by atoms with Crippen LogP contribution < -0.4 is 11.3 Å². The monoisotopic (exact) mass is 434 g/mol. The molecule has 1 aromatic carbocycles. The lowest BCUT2D eigenvalue weighted by atomic mass is 9.94. The third kappa shape index (κ3) is 4.38. The minimum Gasteiger partial charge on any atom is -0.330 e. The molecule has 3 N–H and O–H groups in total. The summed E-state index contributed by atoms with van der Waals surface area (Å²) < 4.78 is 67.7. The highest BCUT2D eigenvalue weighted by molar-refractivity contribution is 5.91. The van der Waals surface area contributed by atoms with E-state index < -0.39 is 40.1 Å². The molecule has 0 aliphatic rings. The number of aromatic amines is 1. The lowest BCUT2D eigenvalue weighted by molar-refractivity contribution is -0.138. The molecule has 0 aliphatic heterocycles. The Morgan fingerprint density at radius 2 is 1.72 bits per heavy atom. The number of nitrogens with two attached hydrogens (primary N) is 1. The highest BCUT2D eigenvalue weighted by atomic mass is 35.5. The number of fused-ring (bicyclic) bond motifs is 1. The largest absolute Gasteiger partial charge is 0.419 e. The van der Waals surface area contributed by atoms with Crippen molar-refractivity contribution in [1.29, 1.82) is 0 Å². The number of halogens is 6. The molecule has 3 rings (SSSR count). The first-order valence-corrected chi connectivity index (χ1v) is 8.36. The lowest BCUT2D eigenvalue weighted by Gasteiger charge is -2.15. The normalized spacial score (nSPS) is 11.5. The van der Waals surface area contributed by atoms with Gasteiger partial charge >= 0.3 is 6.18 Å². The van der Waals surface area contributed by atoms with Crippen LogP contribution in [-0.4, -0.2) is 21.5 Å². The first kappa shape index (κ1) is 22.7. The summed E-state index contributed by atoms with van der Waals surface area (Å²) >= 11 is 0. The topological polar surface area (TPSA) is 84.7 Å². The van der Waals surface area contributed by atoms with Gasteiger partial charge in [0.2, 0.25) is 0 Å². The van der Waals surface area contributed by atoms with Crippen LogP contribution in [-0.2, 0) is 12.6 Å². The molecule has 2 aromatic heterocycles. The fourth-order valence-corrected chi connectivity index (χ4v) is 2.98. The van der Waals surface area contributed by atoms with E-state index in [4.69, 9.17) is 5.73 Å². The number of pyridine rings is 1. The number of nitrogens with one attached hydrogen (secondary N) is 1. The summed E-state index contributed by atoms with van der Waals surface area (Å²) in [4.78, 5) is 21.5. The van der Waals surface area contributed by atoms with Gasteiger partial charge < -0.3 is 10.7 Å². The average Bonchev–Trinajstić information content (AvgIpc) is 2.65. The third-order valence-electron chi connectivity index (χ3n) is 4.30. The zero-order chi connectivity index (χ0) is 20.5. The molecule has 0 radical (unpaired) electrons. The van der Waals surface area contributed by atoms with Crippen LogP contribution in [0.15, 0.2) is 29.5 Å². The van der Waals surface area contributed by atoms with Crippen molar-refractivity contribution >= 4 is 23.2 Å². The predicted molar refractivity (Wildman–Crippen MR) is 99.8 cm³/mol. The third-order valence-corrected chi connectivity index (χ3v) is 4.30. The smallest absolute Gasteiger partial charge is 0.330 e. The van der Waals surface area contributed by atoms with Crippen molar-refractivity contribution in [2.75, 3.05) is 6.54 Å². The van der Waals surface area contributed by atoms with Gasteiger partial charge in [-0.15, -0.1) is 12.4 Å². The molecule has 0 fully saturated rings. The average molecular weight is 435 g/mol. The molecule has 156 valence electrons. The molecule has 2 heterocycles. The fourth-order valence-electron chi connectivity index (χ4n) is 2.98. The molecule has 0 unspecified atom stereocenters. The number of aryl methyl sites for hydroxylation is 1. The van der Waals surface area contributed by atoms with Gasteiger partial charge in [-0.1, -0.05) is 0 Å². The van der Waals surface area contributed by atoms with E-state index >= 15 is 0 Å². The van der Waals surface area contributed by atoms with Gasteiger partial charge in [0.1, 0.15) is 0 Å². The molecule has 5 nitrogen and oxygen atoms in total.